The number of hydrogen-bond acceptors (Lipinski definition) is 22. The van der Waals surface area contributed by atoms with E-state index in [2.05, 4.69) is 49.3 Å². The number of nitrogen functional groups attached to an aromatic ring is 2. The van der Waals surface area contributed by atoms with Gasteiger partial charge in [0.1, 0.15) is 23.8 Å². The van der Waals surface area contributed by atoms with Crippen molar-refractivity contribution in [2.24, 2.45) is 15.0 Å². The number of nitrogens with zero attached hydrogens (tertiary/aromatic N) is 5. The number of aliphatic imine (C=N–C) groups is 1. The molecule has 9 N–H and O–H groups in total. The van der Waals surface area contributed by atoms with Crippen LogP contribution in [0.5, 0.6) is 0 Å². The van der Waals surface area contributed by atoms with Crippen molar-refractivity contribution in [1.82, 2.24) is 19.9 Å². The van der Waals surface area contributed by atoms with Gasteiger partial charge in [0.05, 0.1) is 18.8 Å². The summed E-state index contributed by atoms with van der Waals surface area (Å²) < 4.78 is 40.7. The number of hydrogen-bond donors (Lipinski definition) is 7. The van der Waals surface area contributed by atoms with E-state index in [1.165, 1.54) is 0 Å². The fraction of sp³-hybridized carbons (Fsp3) is 0.250. The van der Waals surface area contributed by atoms with Gasteiger partial charge >= 0.3 is 30.9 Å². The molecule has 0 saturated heterocycles. The van der Waals surface area contributed by atoms with Crippen molar-refractivity contribution in [3.63, 3.8) is 0 Å². The SMILES string of the molecule is Nc1nc2c(c(=O)[nH]1)=NC1C([S-])=C([S-])C(COP(=O)([O-])O)OC1N=2.Nc1nc2c(c(=O)[nH]1)NC1C(=N2)O/C(=C/OP(=O)([O-])O)C([S-])=C1[S-].[Mg+2].[W]. The van der Waals surface area contributed by atoms with E-state index in [0.29, 0.717) is 6.26 Å². The van der Waals surface area contributed by atoms with E-state index in [0.717, 1.165) is 0 Å². The quantitative estimate of drug-likeness (QED) is 0.0638. The second-order valence-electron chi connectivity index (χ2n) is 9.36. The van der Waals surface area contributed by atoms with Crippen LogP contribution < -0.4 is 48.5 Å². The molecule has 6 atom stereocenters. The van der Waals surface area contributed by atoms with Crippen LogP contribution in [0.4, 0.5) is 23.4 Å². The normalized spacial score (nSPS) is 24.7. The molecule has 0 spiro atoms. The first-order valence-corrected chi connectivity index (χ1v) is 17.1. The molecule has 6 rings (SSSR count). The maximum absolute atomic E-state index is 11.9. The molecule has 264 valence electrons. The number of nitrogens with one attached hydrogen (secondary N) is 3. The summed E-state index contributed by atoms with van der Waals surface area (Å²) in [6.07, 6.45) is -1.40. The molecule has 6 heterocycles. The number of nitrogens with two attached hydrogens (primary N) is 2. The molecule has 2 aromatic rings. The fourth-order valence-electron chi connectivity index (χ4n) is 4.10. The summed E-state index contributed by atoms with van der Waals surface area (Å²) in [4.78, 5) is 87.4. The zero-order valence-corrected chi connectivity index (χ0v) is 33.5. The molecule has 0 fully saturated rings. The van der Waals surface area contributed by atoms with Gasteiger partial charge in [0, 0.05) is 21.1 Å². The summed E-state index contributed by atoms with van der Waals surface area (Å²) in [7, 11) is -9.96. The topological polar surface area (TPSA) is 350 Å². The molecule has 0 amide bonds. The summed E-state index contributed by atoms with van der Waals surface area (Å²) in [5.41, 5.74) is 9.79. The predicted octanol–water partition coefficient (Wildman–Crippen LogP) is -5.07. The molecule has 4 aliphatic rings. The van der Waals surface area contributed by atoms with Crippen molar-refractivity contribution in [3.8, 4) is 0 Å². The maximum atomic E-state index is 11.9. The standard InChI is InChI=1S/C10H12N5O6PS2.C10H10N5O6PS2.Mg.W/c2*11-10-14-7-4(8(16)15-10)12-3-6(24)5(23)2(21-9(3)13-7)1-20-22(17,18)19;;/h2-3,9,23-24H,1H2,(H2,17,18,19)(H3,11,13,14,15,16);1,3,12,23-24H,(H2,17,18,19)(H3,11,14,15,16);;/q;;+2;/p-6/b;2-1+;;. The van der Waals surface area contributed by atoms with Gasteiger partial charge in [-0.2, -0.15) is 29.7 Å². The average molecular weight is 987 g/mol. The Morgan fingerprint density at radius 3 is 2.24 bits per heavy atom. The molecule has 0 bridgehead atoms. The zero-order chi connectivity index (χ0) is 35.3. The van der Waals surface area contributed by atoms with Crippen molar-refractivity contribution < 1.29 is 68.3 Å². The van der Waals surface area contributed by atoms with Crippen LogP contribution in [0, 0.1) is 0 Å². The number of phosphoric ester groups is 2. The van der Waals surface area contributed by atoms with Crippen molar-refractivity contribution in [3.05, 3.63) is 63.2 Å². The van der Waals surface area contributed by atoms with Crippen LogP contribution in [0.15, 0.2) is 56.2 Å². The summed E-state index contributed by atoms with van der Waals surface area (Å²) in [5.74, 6) is -0.596. The van der Waals surface area contributed by atoms with E-state index in [9.17, 15) is 28.5 Å². The molecule has 22 nitrogen and oxygen atoms in total. The van der Waals surface area contributed by atoms with Crippen molar-refractivity contribution >= 4 is 119 Å². The van der Waals surface area contributed by atoms with Gasteiger partial charge in [0.15, 0.2) is 22.9 Å². The van der Waals surface area contributed by atoms with E-state index in [-0.39, 0.29) is 110 Å². The molecule has 0 saturated carbocycles. The minimum Gasteiger partial charge on any atom is -0.783 e. The first kappa shape index (κ1) is 42.2. The fourth-order valence-corrected chi connectivity index (χ4v) is 5.67. The summed E-state index contributed by atoms with van der Waals surface area (Å²) in [6, 6.07) is -1.65. The molecule has 4 aliphatic heterocycles. The Bertz CT molecular complexity index is 2180. The number of H-pyrrole nitrogens is 2. The van der Waals surface area contributed by atoms with Gasteiger partial charge in [0.2, 0.25) is 17.8 Å². The van der Waals surface area contributed by atoms with Crippen LogP contribution >= 0.6 is 15.6 Å². The van der Waals surface area contributed by atoms with Crippen LogP contribution in [-0.2, 0) is 99.2 Å². The van der Waals surface area contributed by atoms with E-state index in [1.807, 2.05) is 0 Å². The summed E-state index contributed by atoms with van der Waals surface area (Å²) >= 11 is 20.6. The molecule has 50 heavy (non-hydrogen) atoms. The summed E-state index contributed by atoms with van der Waals surface area (Å²) in [5, 5.41) is 2.74. The zero-order valence-electron chi connectivity index (χ0n) is 24.1. The van der Waals surface area contributed by atoms with E-state index in [4.69, 9.17) is 81.2 Å². The Hall–Kier alpha value is -2.20. The molecule has 0 aliphatic carbocycles. The number of phosphoric acid groups is 2. The number of ether oxygens (including phenoxy) is 2. The molecule has 2 aromatic heterocycles. The molecule has 6 unspecified atom stereocenters. The van der Waals surface area contributed by atoms with Gasteiger partial charge in [0.25, 0.3) is 18.9 Å². The Morgan fingerprint density at radius 1 is 0.960 bits per heavy atom. The van der Waals surface area contributed by atoms with Crippen LogP contribution in [-0.4, -0.2) is 89.7 Å². The van der Waals surface area contributed by atoms with Crippen LogP contribution in [0.2, 0.25) is 0 Å². The molecule has 30 heteroatoms. The second-order valence-corrected chi connectivity index (χ2v) is 13.4. The van der Waals surface area contributed by atoms with Crippen LogP contribution in [0.25, 0.3) is 0 Å². The van der Waals surface area contributed by atoms with E-state index >= 15 is 0 Å². The van der Waals surface area contributed by atoms with Crippen molar-refractivity contribution in [2.75, 3.05) is 23.4 Å². The molecular formula is C20H16MgN10O12P2S4W-4. The van der Waals surface area contributed by atoms with Gasteiger partial charge in [-0.3, -0.25) is 33.7 Å². The third kappa shape index (κ3) is 9.61. The van der Waals surface area contributed by atoms with Crippen molar-refractivity contribution in [2.45, 2.75) is 24.4 Å². The van der Waals surface area contributed by atoms with E-state index in [1.54, 1.807) is 0 Å². The number of anilines is 3. The van der Waals surface area contributed by atoms with Gasteiger partial charge in [-0.05, 0) is 0 Å². The first-order valence-electron chi connectivity index (χ1n) is 12.5. The third-order valence-electron chi connectivity index (χ3n) is 6.07. The van der Waals surface area contributed by atoms with E-state index < -0.39 is 57.8 Å². The van der Waals surface area contributed by atoms with Gasteiger partial charge < -0.3 is 105 Å². The van der Waals surface area contributed by atoms with Gasteiger partial charge in [-0.25, -0.2) is 4.99 Å². The summed E-state index contributed by atoms with van der Waals surface area (Å²) in [6.45, 7) is -0.563. The molecular weight excluding hydrogens is 971 g/mol. The van der Waals surface area contributed by atoms with Gasteiger partial charge in [-0.1, -0.05) is 0 Å². The second kappa shape index (κ2) is 16.2. The van der Waals surface area contributed by atoms with Crippen LogP contribution in [0.1, 0.15) is 0 Å². The van der Waals surface area contributed by atoms with Crippen LogP contribution in [0.3, 0.4) is 0 Å². The Morgan fingerprint density at radius 2 is 1.60 bits per heavy atom. The van der Waals surface area contributed by atoms with Crippen molar-refractivity contribution in [1.29, 1.82) is 0 Å². The Kier molecular flexibility index (Phi) is 13.7. The molecule has 0 radical (unpaired) electrons. The minimum atomic E-state index is -5.02. The minimum absolute atomic E-state index is 0. The first-order chi connectivity index (χ1) is 22.3. The number of aromatic amines is 2. The Balaban J connectivity index is 0.000000260. The third-order valence-corrected chi connectivity index (χ3v) is 8.98. The molecule has 0 aromatic carbocycles. The number of fused-ring (bicyclic) bond motifs is 4. The monoisotopic (exact) mass is 986 g/mol. The van der Waals surface area contributed by atoms with Gasteiger partial charge in [-0.15, -0.1) is 4.91 Å². The number of rotatable bonds is 5. The predicted molar refractivity (Wildman–Crippen MR) is 173 cm³/mol. The smallest absolute Gasteiger partial charge is 0.783 e. The number of aromatic nitrogens is 4. The largest absolute Gasteiger partial charge is 2.00 e. The Labute approximate surface area is 330 Å². The maximum Gasteiger partial charge on any atom is 2.00 e. The average Bonchev–Trinajstić information content (AvgIpc) is 2.97.